The minimum absolute atomic E-state index is 0. The van der Waals surface area contributed by atoms with E-state index in [1.807, 2.05) is 0 Å². The van der Waals surface area contributed by atoms with Crippen LogP contribution in [0.3, 0.4) is 0 Å². The number of anilines is 1. The number of hydrogen-bond donors (Lipinski definition) is 2. The van der Waals surface area contributed by atoms with E-state index in [1.54, 1.807) is 22.6 Å². The molecule has 1 saturated heterocycles. The summed E-state index contributed by atoms with van der Waals surface area (Å²) in [7, 11) is 1.57. The number of aromatic carboxylic acids is 1. The number of ether oxygens (including phenoxy) is 1. The van der Waals surface area contributed by atoms with Gasteiger partial charge < -0.3 is 25.0 Å². The molecule has 3 N–H and O–H groups in total. The molecule has 2 aromatic rings. The lowest BCUT2D eigenvalue weighted by molar-refractivity contribution is 0.0695. The number of fused-ring (bicyclic) bond motifs is 1. The van der Waals surface area contributed by atoms with E-state index in [9.17, 15) is 19.1 Å². The molecule has 27 heavy (non-hydrogen) atoms. The first-order valence-corrected chi connectivity index (χ1v) is 8.55. The van der Waals surface area contributed by atoms with Crippen LogP contribution in [0.1, 0.15) is 29.2 Å². The number of benzene rings is 1. The van der Waals surface area contributed by atoms with E-state index in [0.717, 1.165) is 18.9 Å². The Balaban J connectivity index is 0.00000210. The Kier molecular flexibility index (Phi) is 5.16. The van der Waals surface area contributed by atoms with E-state index in [0.29, 0.717) is 24.3 Å². The monoisotopic (exact) mass is 397 g/mol. The zero-order valence-corrected chi connectivity index (χ0v) is 15.5. The number of carboxylic acids is 1. The molecule has 2 atom stereocenters. The number of pyridine rings is 1. The topological polar surface area (TPSA) is 97.8 Å². The summed E-state index contributed by atoms with van der Waals surface area (Å²) in [6.45, 7) is 0.906. The first-order valence-electron chi connectivity index (χ1n) is 8.55. The molecule has 1 aromatic heterocycles. The minimum Gasteiger partial charge on any atom is -0.477 e. The predicted molar refractivity (Wildman–Crippen MR) is 102 cm³/mol. The number of carboxylic acid groups (broad SMARTS) is 1. The van der Waals surface area contributed by atoms with Crippen molar-refractivity contribution in [3.63, 3.8) is 0 Å². The van der Waals surface area contributed by atoms with Crippen molar-refractivity contribution in [1.82, 2.24) is 4.57 Å². The third-order valence-electron chi connectivity index (χ3n) is 5.22. The van der Waals surface area contributed by atoms with Crippen molar-refractivity contribution in [3.8, 4) is 0 Å². The van der Waals surface area contributed by atoms with Gasteiger partial charge in [0.05, 0.1) is 23.3 Å². The lowest BCUT2D eigenvalue weighted by atomic mass is 10.1. The number of methoxy groups -OCH3 is 1. The molecule has 2 fully saturated rings. The second-order valence-corrected chi connectivity index (χ2v) is 6.98. The van der Waals surface area contributed by atoms with Gasteiger partial charge in [-0.05, 0) is 25.0 Å². The molecular weight excluding hydrogens is 377 g/mol. The average molecular weight is 398 g/mol. The molecule has 0 bridgehead atoms. The molecular formula is C18H21ClFN3O4. The second-order valence-electron chi connectivity index (χ2n) is 6.98. The quantitative estimate of drug-likeness (QED) is 0.815. The highest BCUT2D eigenvalue weighted by atomic mass is 35.5. The van der Waals surface area contributed by atoms with Gasteiger partial charge in [-0.25, -0.2) is 9.18 Å². The van der Waals surface area contributed by atoms with Crippen LogP contribution in [0.2, 0.25) is 0 Å². The molecule has 4 rings (SSSR count). The fraction of sp³-hybridized carbons (Fsp3) is 0.444. The summed E-state index contributed by atoms with van der Waals surface area (Å²) in [5, 5.41) is 9.38. The summed E-state index contributed by atoms with van der Waals surface area (Å²) >= 11 is 0. The SMILES string of the molecule is CO[C@@H]1CN(c2cc3c(cc2F)c(=O)c(C(=O)O)cn3C2CC2)C[C@H]1N.Cl. The summed E-state index contributed by atoms with van der Waals surface area (Å²) in [5.74, 6) is -1.87. The third-order valence-corrected chi connectivity index (χ3v) is 5.22. The van der Waals surface area contributed by atoms with E-state index in [-0.39, 0.29) is 41.5 Å². The molecule has 2 aliphatic rings. The van der Waals surface area contributed by atoms with E-state index >= 15 is 0 Å². The zero-order chi connectivity index (χ0) is 18.6. The first kappa shape index (κ1) is 19.6. The molecule has 0 spiro atoms. The van der Waals surface area contributed by atoms with E-state index in [1.165, 1.54) is 6.20 Å². The Morgan fingerprint density at radius 1 is 1.33 bits per heavy atom. The standard InChI is InChI=1S/C18H20FN3O4.ClH/c1-26-16-8-21(7-13(16)20)15-5-14-10(4-12(15)19)17(23)11(18(24)25)6-22(14)9-2-3-9;/h4-6,9,13,16H,2-3,7-8,20H2,1H3,(H,24,25);1H/t13-,16-;/m1./s1. The van der Waals surface area contributed by atoms with Crippen molar-refractivity contribution in [2.24, 2.45) is 5.73 Å². The fourth-order valence-electron chi connectivity index (χ4n) is 3.65. The van der Waals surface area contributed by atoms with Gasteiger partial charge in [0.2, 0.25) is 5.43 Å². The number of nitrogens with two attached hydrogens (primary N) is 1. The number of carbonyl (C=O) groups is 1. The molecule has 7 nitrogen and oxygen atoms in total. The molecule has 0 amide bonds. The molecule has 146 valence electrons. The van der Waals surface area contributed by atoms with Crippen LogP contribution in [0.4, 0.5) is 10.1 Å². The average Bonchev–Trinajstić information content (AvgIpc) is 3.37. The van der Waals surface area contributed by atoms with Crippen LogP contribution in [0.15, 0.2) is 23.1 Å². The Morgan fingerprint density at radius 3 is 2.59 bits per heavy atom. The Morgan fingerprint density at radius 2 is 2.04 bits per heavy atom. The van der Waals surface area contributed by atoms with Gasteiger partial charge in [-0.1, -0.05) is 0 Å². The maximum atomic E-state index is 14.8. The maximum Gasteiger partial charge on any atom is 0.341 e. The van der Waals surface area contributed by atoms with Crippen molar-refractivity contribution in [2.45, 2.75) is 31.0 Å². The van der Waals surface area contributed by atoms with Crippen molar-refractivity contribution < 1.29 is 19.0 Å². The van der Waals surface area contributed by atoms with Crippen LogP contribution in [0.25, 0.3) is 10.9 Å². The molecule has 1 aliphatic heterocycles. The van der Waals surface area contributed by atoms with Gasteiger partial charge in [0.15, 0.2) is 0 Å². The van der Waals surface area contributed by atoms with Crippen LogP contribution in [-0.2, 0) is 4.74 Å². The predicted octanol–water partition coefficient (Wildman–Crippen LogP) is 1.76. The molecule has 1 aromatic carbocycles. The van der Waals surface area contributed by atoms with Gasteiger partial charge in [0, 0.05) is 37.8 Å². The van der Waals surface area contributed by atoms with Crippen molar-refractivity contribution in [1.29, 1.82) is 0 Å². The maximum absolute atomic E-state index is 14.8. The summed E-state index contributed by atoms with van der Waals surface area (Å²) in [4.78, 5) is 25.7. The Hall–Kier alpha value is -2.16. The molecule has 9 heteroatoms. The van der Waals surface area contributed by atoms with Crippen LogP contribution in [0.5, 0.6) is 0 Å². The van der Waals surface area contributed by atoms with Crippen LogP contribution in [-0.4, -0.2) is 48.0 Å². The van der Waals surface area contributed by atoms with Gasteiger partial charge in [-0.15, -0.1) is 12.4 Å². The molecule has 1 aliphatic carbocycles. The van der Waals surface area contributed by atoms with Crippen molar-refractivity contribution in [3.05, 3.63) is 39.9 Å². The molecule has 0 radical (unpaired) electrons. The lowest BCUT2D eigenvalue weighted by Crippen LogP contribution is -2.34. The van der Waals surface area contributed by atoms with Crippen molar-refractivity contribution >= 4 is 35.0 Å². The van der Waals surface area contributed by atoms with E-state index in [4.69, 9.17) is 10.5 Å². The van der Waals surface area contributed by atoms with Gasteiger partial charge in [0.1, 0.15) is 11.4 Å². The smallest absolute Gasteiger partial charge is 0.341 e. The van der Waals surface area contributed by atoms with Crippen molar-refractivity contribution in [2.75, 3.05) is 25.1 Å². The Bertz CT molecular complexity index is 960. The van der Waals surface area contributed by atoms with Crippen LogP contribution < -0.4 is 16.1 Å². The molecule has 2 heterocycles. The van der Waals surface area contributed by atoms with Gasteiger partial charge >= 0.3 is 5.97 Å². The van der Waals surface area contributed by atoms with Crippen LogP contribution >= 0.6 is 12.4 Å². The van der Waals surface area contributed by atoms with Gasteiger partial charge in [-0.3, -0.25) is 4.79 Å². The number of nitrogens with zero attached hydrogens (tertiary/aromatic N) is 2. The van der Waals surface area contributed by atoms with E-state index < -0.39 is 17.2 Å². The minimum atomic E-state index is -1.30. The number of aromatic nitrogens is 1. The normalized spacial score (nSPS) is 22.1. The third kappa shape index (κ3) is 3.28. The van der Waals surface area contributed by atoms with Crippen LogP contribution in [0, 0.1) is 5.82 Å². The van der Waals surface area contributed by atoms with Gasteiger partial charge in [-0.2, -0.15) is 0 Å². The highest BCUT2D eigenvalue weighted by molar-refractivity contribution is 5.93. The summed E-state index contributed by atoms with van der Waals surface area (Å²) < 4.78 is 21.9. The highest BCUT2D eigenvalue weighted by Crippen LogP contribution is 2.38. The lowest BCUT2D eigenvalue weighted by Gasteiger charge is -2.21. The van der Waals surface area contributed by atoms with Gasteiger partial charge in [0.25, 0.3) is 0 Å². The summed E-state index contributed by atoms with van der Waals surface area (Å²) in [6.07, 6.45) is 3.00. The fourth-order valence-corrected chi connectivity index (χ4v) is 3.65. The first-order chi connectivity index (χ1) is 12.4. The second kappa shape index (κ2) is 7.10. The molecule has 1 saturated carbocycles. The Labute approximate surface area is 160 Å². The van der Waals surface area contributed by atoms with E-state index in [2.05, 4.69) is 0 Å². The zero-order valence-electron chi connectivity index (χ0n) is 14.7. The summed E-state index contributed by atoms with van der Waals surface area (Å²) in [6, 6.07) is 2.68. The number of halogens is 2. The highest BCUT2D eigenvalue weighted by Gasteiger charge is 2.33. The summed E-state index contributed by atoms with van der Waals surface area (Å²) in [5.41, 5.74) is 5.94. The largest absolute Gasteiger partial charge is 0.477 e. The number of rotatable bonds is 4. The number of hydrogen-bond acceptors (Lipinski definition) is 5. The molecule has 0 unspecified atom stereocenters.